The molecule has 1 radical (unpaired) electrons. The minimum absolute atomic E-state index is 0.0881. The van der Waals surface area contributed by atoms with Gasteiger partial charge in [0.25, 0.3) is 0 Å². The molecule has 0 amide bonds. The number of ketones is 2. The lowest BCUT2D eigenvalue weighted by atomic mass is 9.82. The van der Waals surface area contributed by atoms with Gasteiger partial charge in [0.05, 0.1) is 11.1 Å². The highest BCUT2D eigenvalue weighted by Gasteiger charge is 2.34. The Morgan fingerprint density at radius 1 is 0.833 bits per heavy atom. The van der Waals surface area contributed by atoms with Gasteiger partial charge in [-0.3, -0.25) is 9.59 Å². The Balaban J connectivity index is 2.31. The van der Waals surface area contributed by atoms with Crippen molar-refractivity contribution < 1.29 is 9.59 Å². The predicted molar refractivity (Wildman–Crippen MR) is 97.3 cm³/mol. The maximum atomic E-state index is 13.1. The molecular weight excluding hydrogens is 300 g/mol. The van der Waals surface area contributed by atoms with E-state index in [1.165, 1.54) is 0 Å². The van der Waals surface area contributed by atoms with Crippen LogP contribution in [0.15, 0.2) is 36.4 Å². The Bertz CT molecular complexity index is 824. The van der Waals surface area contributed by atoms with Gasteiger partial charge in [0.2, 0.25) is 0 Å². The van der Waals surface area contributed by atoms with Crippen LogP contribution in [0.2, 0.25) is 0 Å². The van der Waals surface area contributed by atoms with Crippen LogP contribution < -0.4 is 9.80 Å². The summed E-state index contributed by atoms with van der Waals surface area (Å²) in [6.07, 6.45) is 0.722. The van der Waals surface area contributed by atoms with Gasteiger partial charge in [-0.2, -0.15) is 0 Å². The van der Waals surface area contributed by atoms with Crippen molar-refractivity contribution in [1.29, 1.82) is 0 Å². The minimum atomic E-state index is -0.0891. The monoisotopic (exact) mass is 321 g/mol. The summed E-state index contributed by atoms with van der Waals surface area (Å²) in [7, 11) is 5.69. The normalized spacial score (nSPS) is 12.7. The van der Waals surface area contributed by atoms with Gasteiger partial charge in [0, 0.05) is 50.2 Å². The fourth-order valence-electron chi connectivity index (χ4n) is 3.24. The van der Waals surface area contributed by atoms with Crippen LogP contribution in [0.1, 0.15) is 38.3 Å². The number of hydrogen-bond acceptors (Lipinski definition) is 4. The molecule has 3 rings (SSSR count). The average Bonchev–Trinajstić information content (AvgIpc) is 2.58. The molecule has 1 aliphatic carbocycles. The first-order chi connectivity index (χ1) is 11.5. The molecule has 0 N–H and O–H groups in total. The molecule has 2 aromatic rings. The molecule has 2 aromatic carbocycles. The average molecular weight is 321 g/mol. The Kier molecular flexibility index (Phi) is 4.14. The molecule has 123 valence electrons. The summed E-state index contributed by atoms with van der Waals surface area (Å²) in [6.45, 7) is 4.60. The number of carbonyl (C=O) groups is 2. The van der Waals surface area contributed by atoms with E-state index >= 15 is 0 Å². The second kappa shape index (κ2) is 6.11. The van der Waals surface area contributed by atoms with Crippen LogP contribution in [0.25, 0.3) is 0 Å². The Labute approximate surface area is 142 Å². The fourth-order valence-corrected chi connectivity index (χ4v) is 3.24. The predicted octanol–water partition coefficient (Wildman–Crippen LogP) is 3.19. The van der Waals surface area contributed by atoms with E-state index in [1.807, 2.05) is 43.1 Å². The van der Waals surface area contributed by atoms with E-state index in [0.29, 0.717) is 22.3 Å². The Hall–Kier alpha value is -2.62. The summed E-state index contributed by atoms with van der Waals surface area (Å²) in [5.41, 5.74) is 3.51. The van der Waals surface area contributed by atoms with Crippen LogP contribution in [0, 0.1) is 6.92 Å². The van der Waals surface area contributed by atoms with Crippen molar-refractivity contribution in [3.8, 4) is 0 Å². The molecule has 0 unspecified atom stereocenters. The zero-order valence-electron chi connectivity index (χ0n) is 14.3. The summed E-state index contributed by atoms with van der Waals surface area (Å²) < 4.78 is 0. The zero-order valence-corrected chi connectivity index (χ0v) is 14.3. The van der Waals surface area contributed by atoms with Gasteiger partial charge in [0.1, 0.15) is 0 Å². The van der Waals surface area contributed by atoms with Crippen LogP contribution in [0.4, 0.5) is 11.4 Å². The first-order valence-electron chi connectivity index (χ1n) is 8.00. The van der Waals surface area contributed by atoms with Crippen molar-refractivity contribution in [1.82, 2.24) is 0 Å². The summed E-state index contributed by atoms with van der Waals surface area (Å²) >= 11 is 0. The Morgan fingerprint density at radius 3 is 1.83 bits per heavy atom. The SMILES string of the molecule is [CH2]CCN(C)c1ccc(N(C)C)c2c1C(=O)c1ccccc1C2=O. The lowest BCUT2D eigenvalue weighted by Crippen LogP contribution is -2.28. The molecule has 24 heavy (non-hydrogen) atoms. The van der Waals surface area contributed by atoms with Gasteiger partial charge >= 0.3 is 0 Å². The van der Waals surface area contributed by atoms with E-state index in [4.69, 9.17) is 0 Å². The van der Waals surface area contributed by atoms with E-state index in [9.17, 15) is 9.59 Å². The quantitative estimate of drug-likeness (QED) is 0.740. The highest BCUT2D eigenvalue weighted by atomic mass is 16.1. The van der Waals surface area contributed by atoms with Crippen molar-refractivity contribution in [2.24, 2.45) is 0 Å². The molecule has 0 bridgehead atoms. The van der Waals surface area contributed by atoms with Crippen LogP contribution in [-0.4, -0.2) is 39.3 Å². The molecule has 0 spiro atoms. The number of anilines is 2. The number of rotatable bonds is 4. The highest BCUT2D eigenvalue weighted by molar-refractivity contribution is 6.32. The number of hydrogen-bond donors (Lipinski definition) is 0. The van der Waals surface area contributed by atoms with Crippen LogP contribution in [-0.2, 0) is 0 Å². The van der Waals surface area contributed by atoms with Gasteiger partial charge in [0.15, 0.2) is 11.6 Å². The lowest BCUT2D eigenvalue weighted by molar-refractivity contribution is 0.0980. The second-order valence-electron chi connectivity index (χ2n) is 6.23. The molecular formula is C20H21N2O2. The van der Waals surface area contributed by atoms with E-state index in [2.05, 4.69) is 6.92 Å². The maximum Gasteiger partial charge on any atom is 0.196 e. The van der Waals surface area contributed by atoms with Gasteiger partial charge in [-0.25, -0.2) is 0 Å². The fraction of sp³-hybridized carbons (Fsp3) is 0.250. The molecule has 0 aromatic heterocycles. The first-order valence-corrected chi connectivity index (χ1v) is 8.00. The van der Waals surface area contributed by atoms with Gasteiger partial charge in [-0.15, -0.1) is 0 Å². The standard InChI is InChI=1S/C20H21N2O2/c1-5-12-22(4)16-11-10-15(21(2)3)17-18(16)20(24)14-9-7-6-8-13(14)19(17)23/h6-11H,1,5,12H2,2-4H3. The van der Waals surface area contributed by atoms with E-state index in [-0.39, 0.29) is 11.6 Å². The van der Waals surface area contributed by atoms with Gasteiger partial charge in [-0.1, -0.05) is 31.2 Å². The molecule has 0 saturated carbocycles. The van der Waals surface area contributed by atoms with Crippen molar-refractivity contribution in [3.63, 3.8) is 0 Å². The molecule has 4 nitrogen and oxygen atoms in total. The number of fused-ring (bicyclic) bond motifs is 2. The largest absolute Gasteiger partial charge is 0.377 e. The topological polar surface area (TPSA) is 40.6 Å². The molecule has 0 fully saturated rings. The third-order valence-corrected chi connectivity index (χ3v) is 4.42. The number of carbonyl (C=O) groups excluding carboxylic acids is 2. The van der Waals surface area contributed by atoms with Crippen LogP contribution in [0.3, 0.4) is 0 Å². The van der Waals surface area contributed by atoms with E-state index < -0.39 is 0 Å². The van der Waals surface area contributed by atoms with Crippen molar-refractivity contribution in [3.05, 3.63) is 65.6 Å². The first kappa shape index (κ1) is 16.2. The number of nitrogens with zero attached hydrogens (tertiary/aromatic N) is 2. The molecule has 4 heteroatoms. The maximum absolute atomic E-state index is 13.1. The number of benzene rings is 2. The highest BCUT2D eigenvalue weighted by Crippen LogP contribution is 2.38. The molecule has 0 atom stereocenters. The summed E-state index contributed by atoms with van der Waals surface area (Å²) in [6, 6.07) is 10.9. The molecule has 0 saturated heterocycles. The van der Waals surface area contributed by atoms with Crippen molar-refractivity contribution >= 4 is 22.9 Å². The zero-order chi connectivity index (χ0) is 17.4. The van der Waals surface area contributed by atoms with Crippen LogP contribution >= 0.6 is 0 Å². The molecule has 0 aliphatic heterocycles. The van der Waals surface area contributed by atoms with Gasteiger partial charge < -0.3 is 9.80 Å². The van der Waals surface area contributed by atoms with E-state index in [1.54, 1.807) is 24.3 Å². The summed E-state index contributed by atoms with van der Waals surface area (Å²) in [5, 5.41) is 0. The van der Waals surface area contributed by atoms with Crippen molar-refractivity contribution in [2.75, 3.05) is 37.5 Å². The summed E-state index contributed by atoms with van der Waals surface area (Å²) in [5.74, 6) is -0.177. The summed E-state index contributed by atoms with van der Waals surface area (Å²) in [4.78, 5) is 30.1. The van der Waals surface area contributed by atoms with E-state index in [0.717, 1.165) is 24.3 Å². The van der Waals surface area contributed by atoms with Crippen LogP contribution in [0.5, 0.6) is 0 Å². The van der Waals surface area contributed by atoms with Gasteiger partial charge in [-0.05, 0) is 18.6 Å². The third-order valence-electron chi connectivity index (χ3n) is 4.42. The lowest BCUT2D eigenvalue weighted by Gasteiger charge is -2.29. The Morgan fingerprint density at radius 2 is 1.33 bits per heavy atom. The molecule has 0 heterocycles. The van der Waals surface area contributed by atoms with Crippen molar-refractivity contribution in [2.45, 2.75) is 6.42 Å². The minimum Gasteiger partial charge on any atom is -0.377 e. The second-order valence-corrected chi connectivity index (χ2v) is 6.23. The molecule has 1 aliphatic rings. The third kappa shape index (κ3) is 2.39. The smallest absolute Gasteiger partial charge is 0.196 e.